The molecule has 0 aliphatic carbocycles. The van der Waals surface area contributed by atoms with E-state index in [2.05, 4.69) is 15.4 Å². The molecule has 0 saturated carbocycles. The lowest BCUT2D eigenvalue weighted by Gasteiger charge is -2.18. The average molecular weight is 409 g/mol. The lowest BCUT2D eigenvalue weighted by atomic mass is 10.0. The number of nitrogens with one attached hydrogen (secondary N) is 2. The van der Waals surface area contributed by atoms with Gasteiger partial charge >= 0.3 is 5.97 Å². The van der Waals surface area contributed by atoms with Crippen molar-refractivity contribution >= 4 is 41.0 Å². The Bertz CT molecular complexity index is 828. The molecule has 2 rings (SSSR count). The van der Waals surface area contributed by atoms with Gasteiger partial charge in [0.2, 0.25) is 5.91 Å². The summed E-state index contributed by atoms with van der Waals surface area (Å²) in [6.07, 6.45) is -0.0246. The minimum Gasteiger partial charge on any atom is -0.469 e. The Balaban J connectivity index is 1.98. The SMILES string of the molecule is COC(=O)CC(NC(=O)CNC(=O)c1ccc(Cl)cc1Cl)c1ccccc1. The average Bonchev–Trinajstić information content (AvgIpc) is 2.66. The van der Waals surface area contributed by atoms with Crippen molar-refractivity contribution in [1.29, 1.82) is 0 Å². The van der Waals surface area contributed by atoms with E-state index >= 15 is 0 Å². The Morgan fingerprint density at radius 3 is 2.41 bits per heavy atom. The minimum atomic E-state index is -0.567. The van der Waals surface area contributed by atoms with Crippen LogP contribution in [0.15, 0.2) is 48.5 Å². The summed E-state index contributed by atoms with van der Waals surface area (Å²) in [5.74, 6) is -1.41. The second kappa shape index (κ2) is 9.94. The molecule has 27 heavy (non-hydrogen) atoms. The summed E-state index contributed by atoms with van der Waals surface area (Å²) in [6.45, 7) is -0.276. The second-order valence-electron chi connectivity index (χ2n) is 5.62. The number of methoxy groups -OCH3 is 1. The molecule has 1 atom stereocenters. The van der Waals surface area contributed by atoms with Gasteiger partial charge in [0.05, 0.1) is 36.7 Å². The van der Waals surface area contributed by atoms with Crippen LogP contribution in [0.5, 0.6) is 0 Å². The number of carbonyl (C=O) groups excluding carboxylic acids is 3. The summed E-state index contributed by atoms with van der Waals surface area (Å²) in [6, 6.07) is 12.9. The predicted octanol–water partition coefficient (Wildman–Crippen LogP) is 3.14. The third-order valence-electron chi connectivity index (χ3n) is 3.72. The van der Waals surface area contributed by atoms with Crippen LogP contribution in [-0.4, -0.2) is 31.4 Å². The molecule has 0 aromatic heterocycles. The van der Waals surface area contributed by atoms with Crippen molar-refractivity contribution in [3.05, 3.63) is 69.7 Å². The van der Waals surface area contributed by atoms with E-state index in [4.69, 9.17) is 23.2 Å². The minimum absolute atomic E-state index is 0.0246. The fourth-order valence-corrected chi connectivity index (χ4v) is 2.86. The van der Waals surface area contributed by atoms with Gasteiger partial charge in [-0.3, -0.25) is 14.4 Å². The van der Waals surface area contributed by atoms with Crippen molar-refractivity contribution in [3.8, 4) is 0 Å². The van der Waals surface area contributed by atoms with Crippen molar-refractivity contribution in [1.82, 2.24) is 10.6 Å². The fourth-order valence-electron chi connectivity index (χ4n) is 2.36. The number of rotatable bonds is 7. The standard InChI is InChI=1S/C19H18Cl2N2O4/c1-27-18(25)10-16(12-5-3-2-4-6-12)23-17(24)11-22-19(26)14-8-7-13(20)9-15(14)21/h2-9,16H,10-11H2,1H3,(H,22,26)(H,23,24). The van der Waals surface area contributed by atoms with Gasteiger partial charge in [-0.2, -0.15) is 0 Å². The van der Waals surface area contributed by atoms with Crippen LogP contribution >= 0.6 is 23.2 Å². The molecule has 2 aromatic carbocycles. The number of amides is 2. The van der Waals surface area contributed by atoms with Crippen molar-refractivity contribution in [2.45, 2.75) is 12.5 Å². The Labute approximate surface area is 166 Å². The van der Waals surface area contributed by atoms with Gasteiger partial charge < -0.3 is 15.4 Å². The zero-order valence-corrected chi connectivity index (χ0v) is 16.0. The van der Waals surface area contributed by atoms with Crippen LogP contribution < -0.4 is 10.6 Å². The van der Waals surface area contributed by atoms with Gasteiger partial charge in [0.25, 0.3) is 5.91 Å². The highest BCUT2D eigenvalue weighted by Crippen LogP contribution is 2.21. The third-order valence-corrected chi connectivity index (χ3v) is 4.27. The Morgan fingerprint density at radius 2 is 1.78 bits per heavy atom. The molecular formula is C19H18Cl2N2O4. The summed E-state index contributed by atoms with van der Waals surface area (Å²) >= 11 is 11.8. The molecule has 1 unspecified atom stereocenters. The number of benzene rings is 2. The van der Waals surface area contributed by atoms with Gasteiger partial charge in [0, 0.05) is 5.02 Å². The first-order valence-electron chi connectivity index (χ1n) is 8.05. The van der Waals surface area contributed by atoms with Gasteiger partial charge in [-0.1, -0.05) is 53.5 Å². The first-order valence-corrected chi connectivity index (χ1v) is 8.80. The molecule has 0 radical (unpaired) electrons. The van der Waals surface area contributed by atoms with Crippen LogP contribution in [0.3, 0.4) is 0 Å². The number of ether oxygens (including phenoxy) is 1. The molecule has 2 aromatic rings. The summed E-state index contributed by atoms with van der Waals surface area (Å²) in [5.41, 5.74) is 0.964. The van der Waals surface area contributed by atoms with Crippen LogP contribution in [0.4, 0.5) is 0 Å². The molecule has 0 spiro atoms. The van der Waals surface area contributed by atoms with Crippen molar-refractivity contribution in [2.75, 3.05) is 13.7 Å². The van der Waals surface area contributed by atoms with Gasteiger partial charge in [-0.15, -0.1) is 0 Å². The lowest BCUT2D eigenvalue weighted by molar-refractivity contribution is -0.141. The highest BCUT2D eigenvalue weighted by Gasteiger charge is 2.19. The highest BCUT2D eigenvalue weighted by molar-refractivity contribution is 6.36. The van der Waals surface area contributed by atoms with Crippen molar-refractivity contribution in [2.24, 2.45) is 0 Å². The lowest BCUT2D eigenvalue weighted by Crippen LogP contribution is -2.39. The number of carbonyl (C=O) groups is 3. The van der Waals surface area contributed by atoms with E-state index in [9.17, 15) is 14.4 Å². The summed E-state index contributed by atoms with van der Waals surface area (Å²) in [5, 5.41) is 5.80. The summed E-state index contributed by atoms with van der Waals surface area (Å²) in [7, 11) is 1.28. The van der Waals surface area contributed by atoms with Crippen LogP contribution in [0.1, 0.15) is 28.4 Å². The molecule has 0 fully saturated rings. The number of esters is 1. The molecule has 142 valence electrons. The molecule has 0 bridgehead atoms. The Morgan fingerprint density at radius 1 is 1.07 bits per heavy atom. The Hall–Kier alpha value is -2.57. The smallest absolute Gasteiger partial charge is 0.307 e. The Kier molecular flexibility index (Phi) is 7.64. The maximum Gasteiger partial charge on any atom is 0.307 e. The van der Waals surface area contributed by atoms with Crippen LogP contribution in [-0.2, 0) is 14.3 Å². The van der Waals surface area contributed by atoms with Crippen LogP contribution in [0.25, 0.3) is 0 Å². The topological polar surface area (TPSA) is 84.5 Å². The van der Waals surface area contributed by atoms with Crippen molar-refractivity contribution < 1.29 is 19.1 Å². The molecule has 8 heteroatoms. The predicted molar refractivity (Wildman–Crippen MR) is 103 cm³/mol. The van der Waals surface area contributed by atoms with E-state index in [0.29, 0.717) is 5.02 Å². The van der Waals surface area contributed by atoms with Crippen LogP contribution in [0.2, 0.25) is 10.0 Å². The van der Waals surface area contributed by atoms with Crippen LogP contribution in [0, 0.1) is 0 Å². The van der Waals surface area contributed by atoms with Gasteiger partial charge in [-0.05, 0) is 23.8 Å². The first-order chi connectivity index (χ1) is 12.9. The number of hydrogen-bond donors (Lipinski definition) is 2. The van der Waals surface area contributed by atoms with Gasteiger partial charge in [0.1, 0.15) is 0 Å². The fraction of sp³-hybridized carbons (Fsp3) is 0.211. The van der Waals surface area contributed by atoms with Crippen molar-refractivity contribution in [3.63, 3.8) is 0 Å². The maximum atomic E-state index is 12.2. The number of halogens is 2. The van der Waals surface area contributed by atoms with E-state index in [0.717, 1.165) is 5.56 Å². The molecule has 2 N–H and O–H groups in total. The quantitative estimate of drug-likeness (QED) is 0.689. The van der Waals surface area contributed by atoms with E-state index in [1.807, 2.05) is 6.07 Å². The zero-order valence-electron chi connectivity index (χ0n) is 14.5. The highest BCUT2D eigenvalue weighted by atomic mass is 35.5. The van der Waals surface area contributed by atoms with Gasteiger partial charge in [0.15, 0.2) is 0 Å². The molecule has 2 amide bonds. The molecule has 0 saturated heterocycles. The van der Waals surface area contributed by atoms with E-state index in [1.165, 1.54) is 25.3 Å². The van der Waals surface area contributed by atoms with E-state index in [-0.39, 0.29) is 23.6 Å². The normalized spacial score (nSPS) is 11.4. The zero-order chi connectivity index (χ0) is 19.8. The van der Waals surface area contributed by atoms with E-state index < -0.39 is 23.8 Å². The van der Waals surface area contributed by atoms with E-state index in [1.54, 1.807) is 24.3 Å². The third kappa shape index (κ3) is 6.27. The molecular weight excluding hydrogens is 391 g/mol. The summed E-state index contributed by atoms with van der Waals surface area (Å²) < 4.78 is 4.68. The molecule has 0 aliphatic heterocycles. The molecule has 0 heterocycles. The molecule has 6 nitrogen and oxygen atoms in total. The maximum absolute atomic E-state index is 12.2. The molecule has 0 aliphatic rings. The van der Waals surface area contributed by atoms with Gasteiger partial charge in [-0.25, -0.2) is 0 Å². The first kappa shape index (κ1) is 20.7. The second-order valence-corrected chi connectivity index (χ2v) is 6.46. The number of hydrogen-bond acceptors (Lipinski definition) is 4. The largest absolute Gasteiger partial charge is 0.469 e. The summed E-state index contributed by atoms with van der Waals surface area (Å²) in [4.78, 5) is 36.0. The monoisotopic (exact) mass is 408 g/mol.